The number of likely N-dealkylation sites (tertiary alicyclic amines) is 1. The number of anilines is 1. The number of hydrogen-bond donors (Lipinski definition) is 0. The highest BCUT2D eigenvalue weighted by atomic mass is 19.1. The van der Waals surface area contributed by atoms with Gasteiger partial charge in [0, 0.05) is 31.2 Å². The van der Waals surface area contributed by atoms with E-state index in [0.717, 1.165) is 30.6 Å². The number of carbonyl (C=O) groups excluding carboxylic acids is 2. The average molecular weight is 366 g/mol. The number of carbonyl (C=O) groups is 2. The molecule has 2 aromatic carbocycles. The molecule has 0 radical (unpaired) electrons. The molecule has 2 aliphatic rings. The molecule has 2 saturated heterocycles. The number of halogens is 1. The Balaban J connectivity index is 1.45. The van der Waals surface area contributed by atoms with Crippen molar-refractivity contribution in [1.29, 1.82) is 0 Å². The quantitative estimate of drug-likeness (QED) is 0.832. The maximum atomic E-state index is 13.5. The van der Waals surface area contributed by atoms with Gasteiger partial charge in [-0.3, -0.25) is 9.59 Å². The van der Waals surface area contributed by atoms with Crippen molar-refractivity contribution in [2.75, 3.05) is 18.0 Å². The molecule has 0 bridgehead atoms. The van der Waals surface area contributed by atoms with Crippen molar-refractivity contribution in [2.45, 2.75) is 31.7 Å². The highest BCUT2D eigenvalue weighted by Gasteiger charge is 2.40. The fourth-order valence-electron chi connectivity index (χ4n) is 4.24. The molecule has 2 fully saturated rings. The lowest BCUT2D eigenvalue weighted by atomic mass is 10.0. The molecule has 0 aliphatic carbocycles. The summed E-state index contributed by atoms with van der Waals surface area (Å²) in [6.45, 7) is 1.15. The number of nitrogens with zero attached hydrogens (tertiary/aromatic N) is 2. The molecule has 2 atom stereocenters. The maximum absolute atomic E-state index is 13.5. The van der Waals surface area contributed by atoms with Gasteiger partial charge in [-0.2, -0.15) is 0 Å². The van der Waals surface area contributed by atoms with Gasteiger partial charge in [0.15, 0.2) is 0 Å². The van der Waals surface area contributed by atoms with Crippen LogP contribution in [-0.4, -0.2) is 35.8 Å². The zero-order valence-corrected chi connectivity index (χ0v) is 15.2. The van der Waals surface area contributed by atoms with Crippen molar-refractivity contribution in [1.82, 2.24) is 4.90 Å². The van der Waals surface area contributed by atoms with Gasteiger partial charge in [0.25, 0.3) is 0 Å². The Morgan fingerprint density at radius 2 is 1.93 bits per heavy atom. The van der Waals surface area contributed by atoms with Crippen LogP contribution in [-0.2, 0) is 16.0 Å². The lowest BCUT2D eigenvalue weighted by molar-refractivity contribution is -0.136. The van der Waals surface area contributed by atoms with E-state index in [1.54, 1.807) is 11.0 Å². The summed E-state index contributed by atoms with van der Waals surface area (Å²) in [4.78, 5) is 29.2. The van der Waals surface area contributed by atoms with Gasteiger partial charge in [-0.05, 0) is 49.1 Å². The van der Waals surface area contributed by atoms with Crippen molar-refractivity contribution in [3.05, 3.63) is 66.0 Å². The van der Waals surface area contributed by atoms with Crippen LogP contribution in [0.1, 0.15) is 24.8 Å². The Morgan fingerprint density at radius 3 is 2.70 bits per heavy atom. The fraction of sp³-hybridized carbons (Fsp3) is 0.364. The van der Waals surface area contributed by atoms with Gasteiger partial charge in [0.05, 0.1) is 5.92 Å². The summed E-state index contributed by atoms with van der Waals surface area (Å²) < 4.78 is 13.5. The van der Waals surface area contributed by atoms with E-state index >= 15 is 0 Å². The van der Waals surface area contributed by atoms with E-state index < -0.39 is 0 Å². The molecule has 2 amide bonds. The Kier molecular flexibility index (Phi) is 4.92. The first-order valence-electron chi connectivity index (χ1n) is 9.52. The van der Waals surface area contributed by atoms with Crippen LogP contribution >= 0.6 is 0 Å². The smallest absolute Gasteiger partial charge is 0.228 e. The van der Waals surface area contributed by atoms with E-state index in [4.69, 9.17) is 0 Å². The lowest BCUT2D eigenvalue weighted by Crippen LogP contribution is -2.41. The molecule has 0 saturated carbocycles. The van der Waals surface area contributed by atoms with E-state index in [9.17, 15) is 14.0 Å². The number of benzene rings is 2. The van der Waals surface area contributed by atoms with Gasteiger partial charge in [-0.25, -0.2) is 4.39 Å². The molecule has 140 valence electrons. The monoisotopic (exact) mass is 366 g/mol. The summed E-state index contributed by atoms with van der Waals surface area (Å²) in [5.74, 6) is -0.491. The molecular weight excluding hydrogens is 343 g/mol. The van der Waals surface area contributed by atoms with Crippen LogP contribution in [0.5, 0.6) is 0 Å². The molecule has 2 aliphatic heterocycles. The summed E-state index contributed by atoms with van der Waals surface area (Å²) in [5.41, 5.74) is 1.75. The average Bonchev–Trinajstić information content (AvgIpc) is 3.28. The highest BCUT2D eigenvalue weighted by Crippen LogP contribution is 2.29. The summed E-state index contributed by atoms with van der Waals surface area (Å²) in [6, 6.07) is 16.2. The second-order valence-corrected chi connectivity index (χ2v) is 7.40. The third-order valence-electron chi connectivity index (χ3n) is 5.56. The Labute approximate surface area is 158 Å². The van der Waals surface area contributed by atoms with Gasteiger partial charge in [-0.1, -0.05) is 30.3 Å². The minimum absolute atomic E-state index is 0.000396. The molecule has 2 unspecified atom stereocenters. The van der Waals surface area contributed by atoms with Gasteiger partial charge < -0.3 is 9.80 Å². The van der Waals surface area contributed by atoms with Crippen LogP contribution in [0.25, 0.3) is 0 Å². The summed E-state index contributed by atoms with van der Waals surface area (Å²) >= 11 is 0. The zero-order chi connectivity index (χ0) is 18.8. The molecule has 2 aromatic rings. The van der Waals surface area contributed by atoms with Gasteiger partial charge in [-0.15, -0.1) is 0 Å². The third-order valence-corrected chi connectivity index (χ3v) is 5.56. The molecule has 2 heterocycles. The largest absolute Gasteiger partial charge is 0.339 e. The fourth-order valence-corrected chi connectivity index (χ4v) is 4.24. The predicted octanol–water partition coefficient (Wildman–Crippen LogP) is 3.41. The Bertz CT molecular complexity index is 839. The highest BCUT2D eigenvalue weighted by molar-refractivity contribution is 6.00. The number of amides is 2. The van der Waals surface area contributed by atoms with Crippen LogP contribution in [0.4, 0.5) is 10.1 Å². The van der Waals surface area contributed by atoms with Crippen LogP contribution < -0.4 is 4.90 Å². The molecule has 27 heavy (non-hydrogen) atoms. The van der Waals surface area contributed by atoms with E-state index in [0.29, 0.717) is 13.0 Å². The van der Waals surface area contributed by atoms with Crippen molar-refractivity contribution < 1.29 is 14.0 Å². The Morgan fingerprint density at radius 1 is 1.11 bits per heavy atom. The summed E-state index contributed by atoms with van der Waals surface area (Å²) in [7, 11) is 0. The normalized spacial score (nSPS) is 22.5. The summed E-state index contributed by atoms with van der Waals surface area (Å²) in [5, 5.41) is 0. The molecule has 0 spiro atoms. The van der Waals surface area contributed by atoms with E-state index in [1.165, 1.54) is 12.1 Å². The van der Waals surface area contributed by atoms with Crippen LogP contribution in [0, 0.1) is 11.7 Å². The number of rotatable bonds is 4. The minimum Gasteiger partial charge on any atom is -0.339 e. The third kappa shape index (κ3) is 3.72. The second-order valence-electron chi connectivity index (χ2n) is 7.40. The van der Waals surface area contributed by atoms with Crippen LogP contribution in [0.2, 0.25) is 0 Å². The number of hydrogen-bond acceptors (Lipinski definition) is 2. The molecule has 4 nitrogen and oxygen atoms in total. The van der Waals surface area contributed by atoms with Gasteiger partial charge >= 0.3 is 0 Å². The molecule has 5 heteroatoms. The molecule has 0 N–H and O–H groups in total. The van der Waals surface area contributed by atoms with Crippen molar-refractivity contribution in [3.8, 4) is 0 Å². The van der Waals surface area contributed by atoms with Crippen molar-refractivity contribution in [3.63, 3.8) is 0 Å². The van der Waals surface area contributed by atoms with Crippen molar-refractivity contribution >= 4 is 17.5 Å². The second kappa shape index (κ2) is 7.51. The predicted molar refractivity (Wildman–Crippen MR) is 102 cm³/mol. The SMILES string of the molecule is O=C1CC(C(=O)N2CCCC2Cc2cccc(F)c2)CN1c1ccccc1. The van der Waals surface area contributed by atoms with Gasteiger partial charge in [0.1, 0.15) is 5.82 Å². The first-order chi connectivity index (χ1) is 13.1. The summed E-state index contributed by atoms with van der Waals surface area (Å²) in [6.07, 6.45) is 2.80. The Hall–Kier alpha value is -2.69. The number of para-hydroxylation sites is 1. The molecule has 4 rings (SSSR count). The molecule has 0 aromatic heterocycles. The first-order valence-corrected chi connectivity index (χ1v) is 9.52. The van der Waals surface area contributed by atoms with E-state index in [1.807, 2.05) is 41.3 Å². The first kappa shape index (κ1) is 17.7. The lowest BCUT2D eigenvalue weighted by Gasteiger charge is -2.27. The van der Waals surface area contributed by atoms with E-state index in [2.05, 4.69) is 0 Å². The van der Waals surface area contributed by atoms with Crippen LogP contribution in [0.15, 0.2) is 54.6 Å². The van der Waals surface area contributed by atoms with E-state index in [-0.39, 0.29) is 36.0 Å². The standard InChI is InChI=1S/C22H23FN2O2/c23-18-7-4-6-16(12-18)13-20-10-5-11-24(20)22(27)17-14-21(26)25(15-17)19-8-2-1-3-9-19/h1-4,6-9,12,17,20H,5,10-11,13-15H2. The minimum atomic E-state index is -0.300. The van der Waals surface area contributed by atoms with Crippen LogP contribution in [0.3, 0.4) is 0 Å². The molecular formula is C22H23FN2O2. The van der Waals surface area contributed by atoms with Crippen molar-refractivity contribution in [2.24, 2.45) is 5.92 Å². The van der Waals surface area contributed by atoms with Gasteiger partial charge in [0.2, 0.25) is 11.8 Å². The topological polar surface area (TPSA) is 40.6 Å². The zero-order valence-electron chi connectivity index (χ0n) is 15.2. The maximum Gasteiger partial charge on any atom is 0.228 e.